The standard InChI is InChI=1S/C15H21N5O2/c1-9-17-15(19-18-9)12-5-11(21-2)7-20(12)8-14-16-6-13(22-14)10-3-4-10/h6,10-12H,3-5,7-8H2,1-2H3,(H,17,18,19)/t11-,12+/m1/s1. The maximum absolute atomic E-state index is 5.89. The maximum atomic E-state index is 5.89. The van der Waals surface area contributed by atoms with Gasteiger partial charge in [0.2, 0.25) is 5.89 Å². The summed E-state index contributed by atoms with van der Waals surface area (Å²) in [6, 6.07) is 0.145. The predicted octanol–water partition coefficient (Wildman–Crippen LogP) is 1.94. The molecule has 0 unspecified atom stereocenters. The molecule has 118 valence electrons. The van der Waals surface area contributed by atoms with E-state index in [1.54, 1.807) is 7.11 Å². The van der Waals surface area contributed by atoms with Crippen LogP contribution in [0.3, 0.4) is 0 Å². The smallest absolute Gasteiger partial charge is 0.208 e. The minimum atomic E-state index is 0.145. The first-order chi connectivity index (χ1) is 10.7. The molecule has 1 N–H and O–H groups in total. The normalized spacial score (nSPS) is 25.9. The van der Waals surface area contributed by atoms with Gasteiger partial charge in [0, 0.05) is 19.6 Å². The molecule has 0 spiro atoms. The Morgan fingerprint density at radius 2 is 2.32 bits per heavy atom. The van der Waals surface area contributed by atoms with Gasteiger partial charge in [-0.05, 0) is 26.2 Å². The van der Waals surface area contributed by atoms with Crippen LogP contribution in [0.1, 0.15) is 54.5 Å². The van der Waals surface area contributed by atoms with Crippen molar-refractivity contribution >= 4 is 0 Å². The molecule has 1 aliphatic carbocycles. The number of H-pyrrole nitrogens is 1. The number of methoxy groups -OCH3 is 1. The van der Waals surface area contributed by atoms with Crippen LogP contribution in [0.2, 0.25) is 0 Å². The molecule has 1 saturated heterocycles. The van der Waals surface area contributed by atoms with E-state index in [2.05, 4.69) is 25.1 Å². The highest BCUT2D eigenvalue weighted by Crippen LogP contribution is 2.40. The lowest BCUT2D eigenvalue weighted by atomic mass is 10.2. The van der Waals surface area contributed by atoms with Crippen molar-refractivity contribution in [1.82, 2.24) is 25.1 Å². The number of likely N-dealkylation sites (tertiary alicyclic amines) is 1. The molecule has 3 heterocycles. The summed E-state index contributed by atoms with van der Waals surface area (Å²) < 4.78 is 11.4. The van der Waals surface area contributed by atoms with Gasteiger partial charge in [-0.1, -0.05) is 0 Å². The minimum absolute atomic E-state index is 0.145. The van der Waals surface area contributed by atoms with Crippen molar-refractivity contribution in [3.05, 3.63) is 29.5 Å². The SMILES string of the molecule is CO[C@@H]1C[C@@H](c2n[nH]c(C)n2)N(Cc2ncc(C3CC3)o2)C1. The van der Waals surface area contributed by atoms with E-state index in [-0.39, 0.29) is 12.1 Å². The van der Waals surface area contributed by atoms with E-state index in [0.29, 0.717) is 12.5 Å². The summed E-state index contributed by atoms with van der Waals surface area (Å²) >= 11 is 0. The molecule has 2 aromatic heterocycles. The molecule has 2 aromatic rings. The van der Waals surface area contributed by atoms with Crippen molar-refractivity contribution < 1.29 is 9.15 Å². The number of nitrogens with zero attached hydrogens (tertiary/aromatic N) is 4. The molecule has 4 rings (SSSR count). The zero-order valence-corrected chi connectivity index (χ0v) is 13.0. The van der Waals surface area contributed by atoms with E-state index in [0.717, 1.165) is 36.3 Å². The summed E-state index contributed by atoms with van der Waals surface area (Å²) in [6.45, 7) is 3.43. The fraction of sp³-hybridized carbons (Fsp3) is 0.667. The summed E-state index contributed by atoms with van der Waals surface area (Å²) in [7, 11) is 1.75. The van der Waals surface area contributed by atoms with Crippen molar-refractivity contribution in [3.8, 4) is 0 Å². The highest BCUT2D eigenvalue weighted by Gasteiger charge is 2.36. The zero-order valence-electron chi connectivity index (χ0n) is 13.0. The van der Waals surface area contributed by atoms with E-state index in [4.69, 9.17) is 9.15 Å². The zero-order chi connectivity index (χ0) is 15.1. The van der Waals surface area contributed by atoms with Gasteiger partial charge >= 0.3 is 0 Å². The molecule has 2 atom stereocenters. The number of aromatic amines is 1. The quantitative estimate of drug-likeness (QED) is 0.909. The Bertz CT molecular complexity index is 648. The molecule has 1 aliphatic heterocycles. The third kappa shape index (κ3) is 2.66. The van der Waals surface area contributed by atoms with Gasteiger partial charge in [-0.15, -0.1) is 0 Å². The van der Waals surface area contributed by atoms with Crippen LogP contribution in [-0.4, -0.2) is 44.8 Å². The van der Waals surface area contributed by atoms with Gasteiger partial charge in [0.15, 0.2) is 5.82 Å². The monoisotopic (exact) mass is 303 g/mol. The molecule has 0 amide bonds. The summed E-state index contributed by atoms with van der Waals surface area (Å²) in [5, 5.41) is 7.24. The second-order valence-electron chi connectivity index (χ2n) is 6.25. The lowest BCUT2D eigenvalue weighted by molar-refractivity contribution is 0.106. The van der Waals surface area contributed by atoms with E-state index in [1.807, 2.05) is 13.1 Å². The lowest BCUT2D eigenvalue weighted by Crippen LogP contribution is -2.25. The molecule has 0 radical (unpaired) electrons. The maximum Gasteiger partial charge on any atom is 0.208 e. The number of hydrogen-bond donors (Lipinski definition) is 1. The van der Waals surface area contributed by atoms with Crippen LogP contribution in [-0.2, 0) is 11.3 Å². The molecule has 22 heavy (non-hydrogen) atoms. The summed E-state index contributed by atoms with van der Waals surface area (Å²) in [5.74, 6) is 4.06. The fourth-order valence-electron chi connectivity index (χ4n) is 3.11. The molecule has 7 heteroatoms. The van der Waals surface area contributed by atoms with Crippen LogP contribution < -0.4 is 0 Å². The average Bonchev–Trinajstić information content (AvgIpc) is 2.94. The van der Waals surface area contributed by atoms with Gasteiger partial charge in [-0.3, -0.25) is 10.00 Å². The molecule has 1 saturated carbocycles. The van der Waals surface area contributed by atoms with Crippen LogP contribution in [0, 0.1) is 6.92 Å². The Hall–Kier alpha value is -1.73. The molecular formula is C15H21N5O2. The Morgan fingerprint density at radius 3 is 3.00 bits per heavy atom. The third-order valence-corrected chi connectivity index (χ3v) is 4.50. The van der Waals surface area contributed by atoms with Gasteiger partial charge in [0.25, 0.3) is 0 Å². The Balaban J connectivity index is 1.51. The van der Waals surface area contributed by atoms with Crippen molar-refractivity contribution in [2.24, 2.45) is 0 Å². The van der Waals surface area contributed by atoms with Crippen LogP contribution in [0.4, 0.5) is 0 Å². The van der Waals surface area contributed by atoms with E-state index >= 15 is 0 Å². The number of nitrogens with one attached hydrogen (secondary N) is 1. The first kappa shape index (κ1) is 13.9. The molecule has 2 aliphatic rings. The number of ether oxygens (including phenoxy) is 1. The predicted molar refractivity (Wildman–Crippen MR) is 78.2 cm³/mol. The second-order valence-corrected chi connectivity index (χ2v) is 6.25. The first-order valence-electron chi connectivity index (χ1n) is 7.83. The first-order valence-corrected chi connectivity index (χ1v) is 7.83. The average molecular weight is 303 g/mol. The fourth-order valence-corrected chi connectivity index (χ4v) is 3.11. The highest BCUT2D eigenvalue weighted by atomic mass is 16.5. The van der Waals surface area contributed by atoms with Gasteiger partial charge in [-0.2, -0.15) is 5.10 Å². The number of rotatable bonds is 5. The number of aryl methyl sites for hydroxylation is 1. The molecule has 7 nitrogen and oxygen atoms in total. The van der Waals surface area contributed by atoms with Crippen LogP contribution in [0.15, 0.2) is 10.6 Å². The van der Waals surface area contributed by atoms with Gasteiger partial charge in [0.05, 0.1) is 24.9 Å². The summed E-state index contributed by atoms with van der Waals surface area (Å²) in [5.41, 5.74) is 0. The van der Waals surface area contributed by atoms with E-state index in [9.17, 15) is 0 Å². The second kappa shape index (κ2) is 5.48. The largest absolute Gasteiger partial charge is 0.444 e. The number of oxazole rings is 1. The van der Waals surface area contributed by atoms with E-state index < -0.39 is 0 Å². The van der Waals surface area contributed by atoms with Gasteiger partial charge in [0.1, 0.15) is 11.6 Å². The van der Waals surface area contributed by atoms with Gasteiger partial charge in [-0.25, -0.2) is 9.97 Å². The molecule has 0 bridgehead atoms. The Labute approximate surface area is 129 Å². The van der Waals surface area contributed by atoms with Crippen molar-refractivity contribution in [3.63, 3.8) is 0 Å². The van der Waals surface area contributed by atoms with Gasteiger partial charge < -0.3 is 9.15 Å². The summed E-state index contributed by atoms with van der Waals surface area (Å²) in [6.07, 6.45) is 5.42. The van der Waals surface area contributed by atoms with E-state index in [1.165, 1.54) is 12.8 Å². The van der Waals surface area contributed by atoms with Crippen LogP contribution in [0.5, 0.6) is 0 Å². The molecular weight excluding hydrogens is 282 g/mol. The van der Waals surface area contributed by atoms with Crippen molar-refractivity contribution in [2.75, 3.05) is 13.7 Å². The van der Waals surface area contributed by atoms with Crippen LogP contribution >= 0.6 is 0 Å². The highest BCUT2D eigenvalue weighted by molar-refractivity contribution is 5.09. The number of aromatic nitrogens is 4. The Kier molecular flexibility index (Phi) is 3.46. The number of hydrogen-bond acceptors (Lipinski definition) is 6. The molecule has 0 aromatic carbocycles. The van der Waals surface area contributed by atoms with Crippen LogP contribution in [0.25, 0.3) is 0 Å². The topological polar surface area (TPSA) is 80.1 Å². The molecule has 2 fully saturated rings. The van der Waals surface area contributed by atoms with Crippen molar-refractivity contribution in [1.29, 1.82) is 0 Å². The Morgan fingerprint density at radius 1 is 1.45 bits per heavy atom. The lowest BCUT2D eigenvalue weighted by Gasteiger charge is -2.19. The van der Waals surface area contributed by atoms with Crippen molar-refractivity contribution in [2.45, 2.75) is 50.8 Å². The third-order valence-electron chi connectivity index (χ3n) is 4.50. The summed E-state index contributed by atoms with van der Waals surface area (Å²) in [4.78, 5) is 11.2. The minimum Gasteiger partial charge on any atom is -0.444 e.